The monoisotopic (exact) mass is 813 g/mol. The smallest absolute Gasteiger partial charge is 0.306 e. The van der Waals surface area contributed by atoms with E-state index >= 15 is 0 Å². The van der Waals surface area contributed by atoms with Crippen molar-refractivity contribution in [2.75, 3.05) is 32.9 Å². The second-order valence-electron chi connectivity index (χ2n) is 21.0. The summed E-state index contributed by atoms with van der Waals surface area (Å²) in [6.07, 6.45) is 33.6. The zero-order valence-corrected chi connectivity index (χ0v) is 39.8. The molecule has 0 bridgehead atoms. The lowest BCUT2D eigenvalue weighted by Crippen LogP contribution is -2.51. The molecule has 9 atom stereocenters. The van der Waals surface area contributed by atoms with Crippen molar-refractivity contribution in [3.63, 3.8) is 0 Å². The third kappa shape index (κ3) is 14.3. The third-order valence-electron chi connectivity index (χ3n) is 16.2. The molecule has 1 amide bonds. The van der Waals surface area contributed by atoms with Gasteiger partial charge in [0.05, 0.1) is 0 Å². The molecule has 57 heavy (non-hydrogen) atoms. The SMILES string of the molecule is CCCCCCCCCCCCCCN(CCCC(=O)O[C@H]1CC[C@@]2(C)C(=CC[C@H]3[C@@H]4CC[C@H]([C@H](C)CCCC(C)C)[C@@]4(C)CC[C@@H]32)C1)C(=O)SCC(C)N(C)C. The van der Waals surface area contributed by atoms with Crippen molar-refractivity contribution in [3.8, 4) is 0 Å². The Kier molecular flexibility index (Phi) is 20.9. The van der Waals surface area contributed by atoms with Gasteiger partial charge in [0, 0.05) is 37.7 Å². The molecule has 0 saturated heterocycles. The number of allylic oxidation sites excluding steroid dienone is 1. The Morgan fingerprint density at radius 2 is 1.44 bits per heavy atom. The molecule has 4 aliphatic carbocycles. The van der Waals surface area contributed by atoms with Gasteiger partial charge in [-0.25, -0.2) is 0 Å². The number of carbonyl (C=O) groups is 2. The van der Waals surface area contributed by atoms with E-state index in [2.05, 4.69) is 73.5 Å². The van der Waals surface area contributed by atoms with Crippen molar-refractivity contribution < 1.29 is 14.3 Å². The van der Waals surface area contributed by atoms with E-state index in [0.717, 1.165) is 73.5 Å². The van der Waals surface area contributed by atoms with Gasteiger partial charge < -0.3 is 14.5 Å². The molecule has 0 aromatic rings. The Hall–Kier alpha value is -1.01. The fourth-order valence-electron chi connectivity index (χ4n) is 12.3. The van der Waals surface area contributed by atoms with Gasteiger partial charge in [0.1, 0.15) is 6.10 Å². The molecule has 0 aromatic heterocycles. The predicted molar refractivity (Wildman–Crippen MR) is 246 cm³/mol. The first-order valence-electron chi connectivity index (χ1n) is 24.8. The Bertz CT molecular complexity index is 1220. The standard InChI is InChI=1S/C51H92N2O3S/c1-10-11-12-13-14-15-16-17-18-19-20-21-35-53(49(55)57-38-41(5)52(8)9)36-23-26-48(54)56-43-31-33-50(6)42(37-43)27-28-44-46-30-29-45(40(4)25-22-24-39(2)3)51(46,7)34-32-47(44)50/h27,39-41,43-47H,10-26,28-38H2,1-9H3/t40-,41?,43+,44+,45-,46+,47+,50+,51-/m1/s1. The van der Waals surface area contributed by atoms with E-state index in [4.69, 9.17) is 4.74 Å². The summed E-state index contributed by atoms with van der Waals surface area (Å²) in [6.45, 7) is 18.5. The van der Waals surface area contributed by atoms with Crippen LogP contribution in [-0.4, -0.2) is 66.1 Å². The first-order valence-corrected chi connectivity index (χ1v) is 25.8. The Morgan fingerprint density at radius 1 is 0.789 bits per heavy atom. The van der Waals surface area contributed by atoms with Crippen molar-refractivity contribution in [2.24, 2.45) is 46.3 Å². The molecule has 0 aliphatic heterocycles. The van der Waals surface area contributed by atoms with Gasteiger partial charge in [-0.15, -0.1) is 0 Å². The fraction of sp³-hybridized carbons (Fsp3) is 0.922. The largest absolute Gasteiger partial charge is 0.462 e. The van der Waals surface area contributed by atoms with Crippen LogP contribution in [0.5, 0.6) is 0 Å². The van der Waals surface area contributed by atoms with Gasteiger partial charge in [0.25, 0.3) is 5.24 Å². The lowest BCUT2D eigenvalue weighted by Gasteiger charge is -2.58. The zero-order chi connectivity index (χ0) is 41.4. The minimum absolute atomic E-state index is 0.00616. The van der Waals surface area contributed by atoms with Crippen molar-refractivity contribution in [1.29, 1.82) is 0 Å². The summed E-state index contributed by atoms with van der Waals surface area (Å²) in [7, 11) is 4.15. The lowest BCUT2D eigenvalue weighted by atomic mass is 9.47. The third-order valence-corrected chi connectivity index (χ3v) is 17.4. The molecule has 6 heteroatoms. The van der Waals surface area contributed by atoms with Crippen molar-refractivity contribution >= 4 is 23.0 Å². The summed E-state index contributed by atoms with van der Waals surface area (Å²) in [6, 6.07) is 0.344. The molecule has 330 valence electrons. The molecule has 0 N–H and O–H groups in total. The summed E-state index contributed by atoms with van der Waals surface area (Å²) in [5, 5.41) is 0.168. The van der Waals surface area contributed by atoms with Gasteiger partial charge in [-0.3, -0.25) is 9.59 Å². The van der Waals surface area contributed by atoms with Crippen LogP contribution in [0.25, 0.3) is 0 Å². The molecule has 0 heterocycles. The van der Waals surface area contributed by atoms with E-state index in [1.54, 1.807) is 5.57 Å². The molecule has 4 aliphatic rings. The maximum absolute atomic E-state index is 13.4. The van der Waals surface area contributed by atoms with Gasteiger partial charge in [0.2, 0.25) is 0 Å². The van der Waals surface area contributed by atoms with Gasteiger partial charge >= 0.3 is 5.97 Å². The number of esters is 1. The van der Waals surface area contributed by atoms with Crippen LogP contribution in [0.1, 0.15) is 209 Å². The summed E-state index contributed by atoms with van der Waals surface area (Å²) in [5.41, 5.74) is 2.38. The number of hydrogen-bond donors (Lipinski definition) is 0. The quantitative estimate of drug-likeness (QED) is 0.0495. The van der Waals surface area contributed by atoms with E-state index in [1.807, 2.05) is 4.90 Å². The number of amides is 1. The number of rotatable bonds is 26. The van der Waals surface area contributed by atoms with Crippen molar-refractivity contribution in [2.45, 2.75) is 221 Å². The summed E-state index contributed by atoms with van der Waals surface area (Å²) < 4.78 is 6.23. The van der Waals surface area contributed by atoms with Gasteiger partial charge in [-0.05, 0) is 125 Å². The van der Waals surface area contributed by atoms with E-state index in [0.29, 0.717) is 30.8 Å². The molecule has 0 aromatic carbocycles. The first-order chi connectivity index (χ1) is 27.3. The maximum Gasteiger partial charge on any atom is 0.306 e. The summed E-state index contributed by atoms with van der Waals surface area (Å²) in [5.74, 6) is 5.78. The van der Waals surface area contributed by atoms with Crippen LogP contribution in [0.15, 0.2) is 11.6 Å². The van der Waals surface area contributed by atoms with Crippen molar-refractivity contribution in [1.82, 2.24) is 9.80 Å². The summed E-state index contributed by atoms with van der Waals surface area (Å²) in [4.78, 5) is 30.9. The topological polar surface area (TPSA) is 49.9 Å². The second kappa shape index (κ2) is 24.4. The number of thioether (sulfide) groups is 1. The second-order valence-corrected chi connectivity index (χ2v) is 22.0. The molecular weight excluding hydrogens is 721 g/mol. The van der Waals surface area contributed by atoms with Crippen LogP contribution in [0.2, 0.25) is 0 Å². The number of unbranched alkanes of at least 4 members (excludes halogenated alkanes) is 11. The van der Waals surface area contributed by atoms with Gasteiger partial charge in [-0.1, -0.05) is 155 Å². The number of carbonyl (C=O) groups excluding carboxylic acids is 2. The molecule has 5 nitrogen and oxygen atoms in total. The number of nitrogens with zero attached hydrogens (tertiary/aromatic N) is 2. The average molecular weight is 813 g/mol. The van der Waals surface area contributed by atoms with Crippen LogP contribution in [0.4, 0.5) is 4.79 Å². The van der Waals surface area contributed by atoms with Crippen LogP contribution >= 0.6 is 11.8 Å². The zero-order valence-electron chi connectivity index (χ0n) is 39.0. The number of ether oxygens (including phenoxy) is 1. The highest BCUT2D eigenvalue weighted by atomic mass is 32.2. The normalized spacial score (nSPS) is 29.4. The molecule has 0 spiro atoms. The number of fused-ring (bicyclic) bond motifs is 5. The van der Waals surface area contributed by atoms with Crippen LogP contribution in [0.3, 0.4) is 0 Å². The average Bonchev–Trinajstić information content (AvgIpc) is 3.53. The van der Waals surface area contributed by atoms with E-state index in [1.165, 1.54) is 134 Å². The maximum atomic E-state index is 13.4. The minimum Gasteiger partial charge on any atom is -0.462 e. The Morgan fingerprint density at radius 3 is 2.09 bits per heavy atom. The Balaban J connectivity index is 1.21. The van der Waals surface area contributed by atoms with E-state index in [-0.39, 0.29) is 22.7 Å². The first kappa shape index (κ1) is 48.7. The van der Waals surface area contributed by atoms with E-state index < -0.39 is 0 Å². The van der Waals surface area contributed by atoms with Crippen LogP contribution in [-0.2, 0) is 9.53 Å². The highest BCUT2D eigenvalue weighted by Gasteiger charge is 2.59. The van der Waals surface area contributed by atoms with Gasteiger partial charge in [0.15, 0.2) is 0 Å². The minimum atomic E-state index is -0.0718. The molecular formula is C51H92N2O3S. The van der Waals surface area contributed by atoms with Crippen LogP contribution < -0.4 is 0 Å². The van der Waals surface area contributed by atoms with Gasteiger partial charge in [-0.2, -0.15) is 0 Å². The highest BCUT2D eigenvalue weighted by molar-refractivity contribution is 8.13. The number of hydrogen-bond acceptors (Lipinski definition) is 5. The fourth-order valence-corrected chi connectivity index (χ4v) is 13.3. The lowest BCUT2D eigenvalue weighted by molar-refractivity contribution is -0.151. The molecule has 1 unspecified atom stereocenters. The summed E-state index contributed by atoms with van der Waals surface area (Å²) >= 11 is 1.44. The van der Waals surface area contributed by atoms with E-state index in [9.17, 15) is 9.59 Å². The highest BCUT2D eigenvalue weighted by Crippen LogP contribution is 2.67. The molecule has 4 rings (SSSR count). The molecule has 0 radical (unpaired) electrons. The molecule has 3 fully saturated rings. The predicted octanol–water partition coefficient (Wildman–Crippen LogP) is 14.5. The van der Waals surface area contributed by atoms with Crippen molar-refractivity contribution in [3.05, 3.63) is 11.6 Å². The molecule has 3 saturated carbocycles. The van der Waals surface area contributed by atoms with Crippen LogP contribution in [0, 0.1) is 46.3 Å². The Labute approximate surface area is 357 Å².